The lowest BCUT2D eigenvalue weighted by molar-refractivity contribution is -0.117. The lowest BCUT2D eigenvalue weighted by atomic mass is 10.2. The summed E-state index contributed by atoms with van der Waals surface area (Å²) in [6, 6.07) is 5.70. The van der Waals surface area contributed by atoms with E-state index in [0.29, 0.717) is 6.61 Å². The van der Waals surface area contributed by atoms with Gasteiger partial charge in [0.25, 0.3) is 0 Å². The summed E-state index contributed by atoms with van der Waals surface area (Å²) in [7, 11) is 0. The van der Waals surface area contributed by atoms with Crippen molar-refractivity contribution in [3.05, 3.63) is 23.8 Å². The van der Waals surface area contributed by atoms with Crippen molar-refractivity contribution >= 4 is 23.4 Å². The van der Waals surface area contributed by atoms with Gasteiger partial charge in [0.05, 0.1) is 18.3 Å². The van der Waals surface area contributed by atoms with Crippen molar-refractivity contribution in [2.75, 3.05) is 30.0 Å². The van der Waals surface area contributed by atoms with Crippen LogP contribution in [0.2, 0.25) is 0 Å². The summed E-state index contributed by atoms with van der Waals surface area (Å²) in [6.07, 6.45) is 0. The molecule has 1 atom stereocenters. The van der Waals surface area contributed by atoms with E-state index in [0.717, 1.165) is 35.1 Å². The Kier molecular flexibility index (Phi) is 5.10. The van der Waals surface area contributed by atoms with Crippen molar-refractivity contribution in [3.8, 4) is 5.75 Å². The van der Waals surface area contributed by atoms with Gasteiger partial charge in [0.1, 0.15) is 5.75 Å². The summed E-state index contributed by atoms with van der Waals surface area (Å²) in [4.78, 5) is 12.2. The molecule has 1 aliphatic heterocycles. The number of carbonyl (C=O) groups is 1. The van der Waals surface area contributed by atoms with E-state index >= 15 is 0 Å². The van der Waals surface area contributed by atoms with Crippen LogP contribution in [0.1, 0.15) is 12.5 Å². The van der Waals surface area contributed by atoms with Gasteiger partial charge in [-0.1, -0.05) is 6.07 Å². The van der Waals surface area contributed by atoms with E-state index in [1.54, 1.807) is 11.8 Å². The molecule has 0 aliphatic carbocycles. The number of thioether (sulfide) groups is 1. The first-order valence-corrected chi connectivity index (χ1v) is 7.71. The highest BCUT2D eigenvalue weighted by Crippen LogP contribution is 2.26. The molecule has 0 aromatic heterocycles. The van der Waals surface area contributed by atoms with Crippen LogP contribution in [0.15, 0.2) is 18.2 Å². The zero-order valence-electron chi connectivity index (χ0n) is 11.4. The van der Waals surface area contributed by atoms with Crippen molar-refractivity contribution in [2.24, 2.45) is 0 Å². The van der Waals surface area contributed by atoms with Crippen LogP contribution in [-0.2, 0) is 4.79 Å². The van der Waals surface area contributed by atoms with Crippen LogP contribution in [0.25, 0.3) is 0 Å². The molecule has 1 saturated heterocycles. The van der Waals surface area contributed by atoms with Crippen LogP contribution in [0.4, 0.5) is 5.69 Å². The highest BCUT2D eigenvalue weighted by Gasteiger charge is 2.21. The van der Waals surface area contributed by atoms with Crippen molar-refractivity contribution in [1.29, 1.82) is 0 Å². The maximum Gasteiger partial charge on any atom is 0.242 e. The zero-order valence-corrected chi connectivity index (χ0v) is 12.2. The lowest BCUT2D eigenvalue weighted by Gasteiger charge is -2.22. The smallest absolute Gasteiger partial charge is 0.242 e. The molecule has 2 N–H and O–H groups in total. The molecule has 5 heteroatoms. The fourth-order valence-corrected chi connectivity index (χ4v) is 2.90. The number of nitrogens with one attached hydrogen (secondary N) is 2. The molecule has 4 nitrogen and oxygen atoms in total. The molecule has 1 amide bonds. The van der Waals surface area contributed by atoms with Gasteiger partial charge in [0, 0.05) is 18.1 Å². The quantitative estimate of drug-likeness (QED) is 0.886. The van der Waals surface area contributed by atoms with Crippen LogP contribution >= 0.6 is 11.8 Å². The number of ether oxygens (including phenoxy) is 1. The molecule has 1 aliphatic rings. The molecule has 1 aromatic carbocycles. The van der Waals surface area contributed by atoms with E-state index in [-0.39, 0.29) is 11.9 Å². The molecule has 0 spiro atoms. The topological polar surface area (TPSA) is 50.4 Å². The third-order valence-corrected chi connectivity index (χ3v) is 3.99. The molecule has 19 heavy (non-hydrogen) atoms. The van der Waals surface area contributed by atoms with Gasteiger partial charge in [-0.05, 0) is 31.5 Å². The van der Waals surface area contributed by atoms with E-state index in [9.17, 15) is 4.79 Å². The molecule has 1 aromatic rings. The van der Waals surface area contributed by atoms with E-state index in [4.69, 9.17) is 4.74 Å². The average molecular weight is 280 g/mol. The number of aryl methyl sites for hydroxylation is 1. The van der Waals surface area contributed by atoms with Crippen molar-refractivity contribution in [2.45, 2.75) is 19.9 Å². The Hall–Kier alpha value is -1.20. The molecule has 2 rings (SSSR count). The molecular weight excluding hydrogens is 260 g/mol. The number of hydrogen-bond donors (Lipinski definition) is 2. The number of amides is 1. The summed E-state index contributed by atoms with van der Waals surface area (Å²) in [5, 5.41) is 6.18. The number of rotatable bonds is 4. The Labute approximate surface area is 118 Å². The molecule has 1 fully saturated rings. The Morgan fingerprint density at radius 2 is 2.42 bits per heavy atom. The molecule has 0 bridgehead atoms. The van der Waals surface area contributed by atoms with Crippen LogP contribution in [0, 0.1) is 6.92 Å². The Morgan fingerprint density at radius 1 is 1.58 bits per heavy atom. The van der Waals surface area contributed by atoms with Gasteiger partial charge in [0.2, 0.25) is 5.91 Å². The standard InChI is InChI=1S/C14H20N2O2S/c1-3-18-13-8-10(2)4-5-11(13)16-14(17)12-9-19-7-6-15-12/h4-5,8,12,15H,3,6-7,9H2,1-2H3,(H,16,17). The van der Waals surface area contributed by atoms with E-state index < -0.39 is 0 Å². The number of benzene rings is 1. The first-order valence-electron chi connectivity index (χ1n) is 6.56. The largest absolute Gasteiger partial charge is 0.492 e. The van der Waals surface area contributed by atoms with Crippen LogP contribution in [0.3, 0.4) is 0 Å². The SMILES string of the molecule is CCOc1cc(C)ccc1NC(=O)C1CSCCN1. The van der Waals surface area contributed by atoms with Crippen molar-refractivity contribution in [3.63, 3.8) is 0 Å². The third kappa shape index (κ3) is 3.88. The first-order chi connectivity index (χ1) is 9.20. The molecule has 1 unspecified atom stereocenters. The Balaban J connectivity index is 2.06. The highest BCUT2D eigenvalue weighted by atomic mass is 32.2. The minimum atomic E-state index is -0.116. The maximum atomic E-state index is 12.2. The monoisotopic (exact) mass is 280 g/mol. The number of hydrogen-bond acceptors (Lipinski definition) is 4. The van der Waals surface area contributed by atoms with Gasteiger partial charge in [-0.15, -0.1) is 0 Å². The van der Waals surface area contributed by atoms with Gasteiger partial charge in [-0.3, -0.25) is 4.79 Å². The second-order valence-corrected chi connectivity index (χ2v) is 5.65. The van der Waals surface area contributed by atoms with Crippen molar-refractivity contribution in [1.82, 2.24) is 5.32 Å². The van der Waals surface area contributed by atoms with Crippen molar-refractivity contribution < 1.29 is 9.53 Å². The van der Waals surface area contributed by atoms with Gasteiger partial charge < -0.3 is 15.4 Å². The first kappa shape index (κ1) is 14.2. The third-order valence-electron chi connectivity index (χ3n) is 2.93. The lowest BCUT2D eigenvalue weighted by Crippen LogP contribution is -2.46. The van der Waals surface area contributed by atoms with Gasteiger partial charge in [-0.2, -0.15) is 11.8 Å². The number of anilines is 1. The van der Waals surface area contributed by atoms with Gasteiger partial charge in [-0.25, -0.2) is 0 Å². The summed E-state index contributed by atoms with van der Waals surface area (Å²) < 4.78 is 5.57. The van der Waals surface area contributed by atoms with Crippen LogP contribution < -0.4 is 15.4 Å². The second kappa shape index (κ2) is 6.82. The minimum Gasteiger partial charge on any atom is -0.492 e. The zero-order chi connectivity index (χ0) is 13.7. The fourth-order valence-electron chi connectivity index (χ4n) is 1.96. The van der Waals surface area contributed by atoms with Gasteiger partial charge in [0.15, 0.2) is 0 Å². The molecule has 0 radical (unpaired) electrons. The predicted octanol–water partition coefficient (Wildman–Crippen LogP) is 2.04. The molecule has 0 saturated carbocycles. The highest BCUT2D eigenvalue weighted by molar-refractivity contribution is 7.99. The minimum absolute atomic E-state index is 0.0111. The maximum absolute atomic E-state index is 12.2. The normalized spacial score (nSPS) is 18.9. The second-order valence-electron chi connectivity index (χ2n) is 4.50. The van der Waals surface area contributed by atoms with E-state index in [2.05, 4.69) is 10.6 Å². The van der Waals surface area contributed by atoms with E-state index in [1.165, 1.54) is 0 Å². The fraction of sp³-hybridized carbons (Fsp3) is 0.500. The summed E-state index contributed by atoms with van der Waals surface area (Å²) in [5.41, 5.74) is 1.86. The summed E-state index contributed by atoms with van der Waals surface area (Å²) in [6.45, 7) is 5.42. The Bertz CT molecular complexity index is 445. The predicted molar refractivity (Wildman–Crippen MR) is 80.1 cm³/mol. The van der Waals surface area contributed by atoms with E-state index in [1.807, 2.05) is 32.0 Å². The Morgan fingerprint density at radius 3 is 3.11 bits per heavy atom. The molecule has 104 valence electrons. The van der Waals surface area contributed by atoms with Crippen LogP contribution in [-0.4, -0.2) is 36.6 Å². The average Bonchev–Trinajstić information content (AvgIpc) is 2.43. The van der Waals surface area contributed by atoms with Crippen LogP contribution in [0.5, 0.6) is 5.75 Å². The van der Waals surface area contributed by atoms with Gasteiger partial charge >= 0.3 is 0 Å². The summed E-state index contributed by atoms with van der Waals surface area (Å²) in [5.74, 6) is 2.64. The summed E-state index contributed by atoms with van der Waals surface area (Å²) >= 11 is 1.80. The number of carbonyl (C=O) groups excluding carboxylic acids is 1. The molecule has 1 heterocycles. The molecular formula is C14H20N2O2S.